The fraction of sp³-hybridized carbons (Fsp3) is 0.333. The van der Waals surface area contributed by atoms with E-state index in [1.807, 2.05) is 0 Å². The van der Waals surface area contributed by atoms with Gasteiger partial charge in [0.25, 0.3) is 0 Å². The zero-order valence-corrected chi connectivity index (χ0v) is 11.6. The summed E-state index contributed by atoms with van der Waals surface area (Å²) in [6.45, 7) is 0.246. The third-order valence-electron chi connectivity index (χ3n) is 2.39. The number of nitrogen functional groups attached to an aromatic ring is 1. The lowest BCUT2D eigenvalue weighted by atomic mass is 10.2. The van der Waals surface area contributed by atoms with E-state index in [0.717, 1.165) is 0 Å². The molecule has 0 atom stereocenters. The molecule has 7 heteroatoms. The predicted molar refractivity (Wildman–Crippen MR) is 76.1 cm³/mol. The van der Waals surface area contributed by atoms with Gasteiger partial charge >= 0.3 is 0 Å². The van der Waals surface area contributed by atoms with Gasteiger partial charge in [-0.05, 0) is 25.2 Å². The maximum atomic E-state index is 11.8. The van der Waals surface area contributed by atoms with Gasteiger partial charge < -0.3 is 16.4 Å². The Balaban J connectivity index is 2.53. The van der Waals surface area contributed by atoms with Gasteiger partial charge in [-0.25, -0.2) is 0 Å². The molecule has 0 radical (unpaired) electrons. The van der Waals surface area contributed by atoms with E-state index in [9.17, 15) is 9.59 Å². The van der Waals surface area contributed by atoms with Crippen molar-refractivity contribution in [1.82, 2.24) is 10.2 Å². The summed E-state index contributed by atoms with van der Waals surface area (Å²) in [5, 5.41) is 5.66. The van der Waals surface area contributed by atoms with Crippen molar-refractivity contribution in [2.75, 3.05) is 38.2 Å². The minimum Gasteiger partial charge on any atom is -0.397 e. The Bertz CT molecular complexity index is 479. The molecule has 0 spiro atoms. The SMILES string of the molecule is CNC(=O)CN(C)CC(=O)Nc1ccc(Cl)cc1N. The van der Waals surface area contributed by atoms with Crippen LogP contribution in [0.15, 0.2) is 18.2 Å². The van der Waals surface area contributed by atoms with Crippen molar-refractivity contribution in [2.45, 2.75) is 0 Å². The number of hydrogen-bond donors (Lipinski definition) is 3. The lowest BCUT2D eigenvalue weighted by molar-refractivity contribution is -0.122. The van der Waals surface area contributed by atoms with Crippen LogP contribution in [0.5, 0.6) is 0 Å². The van der Waals surface area contributed by atoms with Crippen LogP contribution in [0.1, 0.15) is 0 Å². The Hall–Kier alpha value is -1.79. The average molecular weight is 285 g/mol. The molecule has 0 fully saturated rings. The van der Waals surface area contributed by atoms with Crippen LogP contribution in [0.3, 0.4) is 0 Å². The number of likely N-dealkylation sites (N-methyl/N-ethyl adjacent to an activating group) is 2. The number of anilines is 2. The molecule has 0 aliphatic carbocycles. The van der Waals surface area contributed by atoms with Gasteiger partial charge in [0.15, 0.2) is 0 Å². The Morgan fingerprint density at radius 2 is 1.95 bits per heavy atom. The first kappa shape index (κ1) is 15.3. The third-order valence-corrected chi connectivity index (χ3v) is 2.63. The molecular formula is C12H17ClN4O2. The fourth-order valence-corrected chi connectivity index (χ4v) is 1.64. The molecule has 0 heterocycles. The highest BCUT2D eigenvalue weighted by atomic mass is 35.5. The van der Waals surface area contributed by atoms with Gasteiger partial charge in [-0.2, -0.15) is 0 Å². The van der Waals surface area contributed by atoms with Gasteiger partial charge in [0, 0.05) is 12.1 Å². The quantitative estimate of drug-likeness (QED) is 0.689. The summed E-state index contributed by atoms with van der Waals surface area (Å²) < 4.78 is 0. The van der Waals surface area contributed by atoms with Gasteiger partial charge in [-0.15, -0.1) is 0 Å². The number of carbonyl (C=O) groups excluding carboxylic acids is 2. The Morgan fingerprint density at radius 3 is 2.53 bits per heavy atom. The first-order chi connectivity index (χ1) is 8.92. The van der Waals surface area contributed by atoms with Crippen molar-refractivity contribution in [2.24, 2.45) is 0 Å². The molecule has 1 aromatic carbocycles. The van der Waals surface area contributed by atoms with Crippen LogP contribution in [0.4, 0.5) is 11.4 Å². The molecule has 2 amide bonds. The third kappa shape index (κ3) is 5.15. The minimum atomic E-state index is -0.250. The number of nitrogens with two attached hydrogens (primary N) is 1. The first-order valence-electron chi connectivity index (χ1n) is 5.66. The second-order valence-electron chi connectivity index (χ2n) is 4.13. The molecule has 1 rings (SSSR count). The summed E-state index contributed by atoms with van der Waals surface area (Å²) in [7, 11) is 3.23. The number of rotatable bonds is 5. The number of carbonyl (C=O) groups is 2. The van der Waals surface area contributed by atoms with Crippen molar-refractivity contribution in [3.05, 3.63) is 23.2 Å². The average Bonchev–Trinajstić information content (AvgIpc) is 2.32. The topological polar surface area (TPSA) is 87.5 Å². The maximum Gasteiger partial charge on any atom is 0.238 e. The van der Waals surface area contributed by atoms with E-state index in [1.165, 1.54) is 0 Å². The molecule has 0 saturated heterocycles. The van der Waals surface area contributed by atoms with Crippen molar-refractivity contribution in [3.63, 3.8) is 0 Å². The molecular weight excluding hydrogens is 268 g/mol. The van der Waals surface area contributed by atoms with Crippen molar-refractivity contribution in [1.29, 1.82) is 0 Å². The second-order valence-corrected chi connectivity index (χ2v) is 4.56. The zero-order valence-electron chi connectivity index (χ0n) is 10.9. The van der Waals surface area contributed by atoms with Crippen LogP contribution < -0.4 is 16.4 Å². The lowest BCUT2D eigenvalue weighted by Gasteiger charge is -2.15. The monoisotopic (exact) mass is 284 g/mol. The molecule has 19 heavy (non-hydrogen) atoms. The summed E-state index contributed by atoms with van der Waals surface area (Å²) in [6, 6.07) is 4.83. The van der Waals surface area contributed by atoms with Crippen LogP contribution in [0, 0.1) is 0 Å². The van der Waals surface area contributed by atoms with Crippen LogP contribution in [-0.2, 0) is 9.59 Å². The summed E-state index contributed by atoms with van der Waals surface area (Å²) in [6.07, 6.45) is 0. The molecule has 0 aromatic heterocycles. The minimum absolute atomic E-state index is 0.0927. The van der Waals surface area contributed by atoms with E-state index in [1.54, 1.807) is 37.2 Å². The van der Waals surface area contributed by atoms with Crippen LogP contribution in [-0.4, -0.2) is 43.9 Å². The molecule has 0 aliphatic heterocycles. The maximum absolute atomic E-state index is 11.8. The molecule has 0 unspecified atom stereocenters. The standard InChI is InChI=1S/C12H17ClN4O2/c1-15-11(18)6-17(2)7-12(19)16-10-4-3-8(13)5-9(10)14/h3-5H,6-7,14H2,1-2H3,(H,15,18)(H,16,19). The van der Waals surface area contributed by atoms with Gasteiger partial charge in [0.1, 0.15) is 0 Å². The van der Waals surface area contributed by atoms with Gasteiger partial charge in [-0.1, -0.05) is 11.6 Å². The summed E-state index contributed by atoms with van der Waals surface area (Å²) >= 11 is 5.77. The smallest absolute Gasteiger partial charge is 0.238 e. The second kappa shape index (κ2) is 6.96. The van der Waals surface area contributed by atoms with Crippen LogP contribution >= 0.6 is 11.6 Å². The van der Waals surface area contributed by atoms with E-state index in [4.69, 9.17) is 17.3 Å². The molecule has 104 valence electrons. The largest absolute Gasteiger partial charge is 0.397 e. The highest BCUT2D eigenvalue weighted by Gasteiger charge is 2.11. The number of benzene rings is 1. The van der Waals surface area contributed by atoms with E-state index in [-0.39, 0.29) is 24.9 Å². The van der Waals surface area contributed by atoms with Gasteiger partial charge in [0.2, 0.25) is 11.8 Å². The predicted octanol–water partition coefficient (Wildman–Crippen LogP) is 0.539. The van der Waals surface area contributed by atoms with Crippen molar-refractivity contribution in [3.8, 4) is 0 Å². The molecule has 6 nitrogen and oxygen atoms in total. The van der Waals surface area contributed by atoms with Crippen LogP contribution in [0.2, 0.25) is 5.02 Å². The normalized spacial score (nSPS) is 10.3. The number of hydrogen-bond acceptors (Lipinski definition) is 4. The van der Waals surface area contributed by atoms with Crippen LogP contribution in [0.25, 0.3) is 0 Å². The number of amides is 2. The highest BCUT2D eigenvalue weighted by molar-refractivity contribution is 6.31. The van der Waals surface area contributed by atoms with E-state index in [0.29, 0.717) is 16.4 Å². The van der Waals surface area contributed by atoms with Crippen molar-refractivity contribution < 1.29 is 9.59 Å². The number of nitrogens with one attached hydrogen (secondary N) is 2. The molecule has 4 N–H and O–H groups in total. The van der Waals surface area contributed by atoms with E-state index >= 15 is 0 Å². The number of halogens is 1. The summed E-state index contributed by atoms with van der Waals surface area (Å²) in [5.41, 5.74) is 6.63. The molecule has 1 aromatic rings. The molecule has 0 bridgehead atoms. The van der Waals surface area contributed by atoms with E-state index < -0.39 is 0 Å². The highest BCUT2D eigenvalue weighted by Crippen LogP contribution is 2.22. The Labute approximate surface area is 116 Å². The fourth-order valence-electron chi connectivity index (χ4n) is 1.46. The lowest BCUT2D eigenvalue weighted by Crippen LogP contribution is -2.37. The molecule has 0 aliphatic rings. The summed E-state index contributed by atoms with van der Waals surface area (Å²) in [5.74, 6) is -0.401. The summed E-state index contributed by atoms with van der Waals surface area (Å²) in [4.78, 5) is 24.5. The Kier molecular flexibility index (Phi) is 5.59. The number of nitrogens with zero attached hydrogens (tertiary/aromatic N) is 1. The van der Waals surface area contributed by atoms with Gasteiger partial charge in [0.05, 0.1) is 24.5 Å². The molecule has 0 saturated carbocycles. The van der Waals surface area contributed by atoms with E-state index in [2.05, 4.69) is 10.6 Å². The Morgan fingerprint density at radius 1 is 1.32 bits per heavy atom. The zero-order chi connectivity index (χ0) is 14.4. The first-order valence-corrected chi connectivity index (χ1v) is 6.04. The van der Waals surface area contributed by atoms with Crippen molar-refractivity contribution >= 4 is 34.8 Å². The van der Waals surface area contributed by atoms with Gasteiger partial charge in [-0.3, -0.25) is 14.5 Å².